The third-order valence-electron chi connectivity index (χ3n) is 7.43. The Hall–Kier alpha value is -5.45. The van der Waals surface area contributed by atoms with Gasteiger partial charge in [-0.2, -0.15) is 0 Å². The number of aromatic nitrogens is 4. The molecule has 216 valence electrons. The van der Waals surface area contributed by atoms with Crippen LogP contribution in [0, 0.1) is 6.92 Å². The van der Waals surface area contributed by atoms with Crippen LogP contribution in [0.5, 0.6) is 0 Å². The first-order valence-corrected chi connectivity index (χ1v) is 13.7. The molecule has 0 bridgehead atoms. The van der Waals surface area contributed by atoms with E-state index in [0.29, 0.717) is 17.8 Å². The lowest BCUT2D eigenvalue weighted by Gasteiger charge is -2.32. The molecule has 3 N–H and O–H groups in total. The maximum atomic E-state index is 12.3. The van der Waals surface area contributed by atoms with Crippen LogP contribution in [0.25, 0.3) is 32.9 Å². The van der Waals surface area contributed by atoms with Crippen LogP contribution >= 0.6 is 0 Å². The quantitative estimate of drug-likeness (QED) is 0.226. The molecule has 1 aliphatic rings. The number of ether oxygens (including phenoxy) is 1. The van der Waals surface area contributed by atoms with Gasteiger partial charge in [0, 0.05) is 52.7 Å². The summed E-state index contributed by atoms with van der Waals surface area (Å²) in [7, 11) is 0. The second-order valence-corrected chi connectivity index (χ2v) is 11.2. The summed E-state index contributed by atoms with van der Waals surface area (Å²) in [4.78, 5) is 53.1. The van der Waals surface area contributed by atoms with Gasteiger partial charge < -0.3 is 15.4 Å². The highest BCUT2D eigenvalue weighted by Crippen LogP contribution is 2.40. The van der Waals surface area contributed by atoms with Crippen molar-refractivity contribution in [1.82, 2.24) is 19.9 Å². The maximum absolute atomic E-state index is 12.3. The summed E-state index contributed by atoms with van der Waals surface area (Å²) in [6.45, 7) is 7.00. The highest BCUT2D eigenvalue weighted by Gasteiger charge is 2.31. The molecule has 0 fully saturated rings. The zero-order valence-corrected chi connectivity index (χ0v) is 24.1. The van der Waals surface area contributed by atoms with E-state index in [9.17, 15) is 14.4 Å². The van der Waals surface area contributed by atoms with Crippen molar-refractivity contribution >= 4 is 62.7 Å². The maximum Gasteiger partial charge on any atom is 0.303 e. The predicted octanol–water partition coefficient (Wildman–Crippen LogP) is 5.41. The summed E-state index contributed by atoms with van der Waals surface area (Å²) in [5.41, 5.74) is 6.78. The Balaban J connectivity index is 1.32. The van der Waals surface area contributed by atoms with Crippen molar-refractivity contribution in [2.24, 2.45) is 0 Å². The van der Waals surface area contributed by atoms with Crippen molar-refractivity contribution in [1.29, 1.82) is 0 Å². The first-order chi connectivity index (χ1) is 20.6. The van der Waals surface area contributed by atoms with Crippen molar-refractivity contribution in [2.75, 3.05) is 22.6 Å². The molecule has 43 heavy (non-hydrogen) atoms. The summed E-state index contributed by atoms with van der Waals surface area (Å²) >= 11 is 0. The van der Waals surface area contributed by atoms with Crippen LogP contribution in [-0.2, 0) is 24.5 Å². The normalized spacial score (nSPS) is 13.7. The lowest BCUT2D eigenvalue weighted by atomic mass is 9.78. The summed E-state index contributed by atoms with van der Waals surface area (Å²) in [5, 5.41) is 10.6. The molecule has 0 aliphatic carbocycles. The summed E-state index contributed by atoms with van der Waals surface area (Å²) in [6.07, 6.45) is 3.61. The Morgan fingerprint density at radius 2 is 1.88 bits per heavy atom. The van der Waals surface area contributed by atoms with Crippen LogP contribution in [0.4, 0.5) is 23.1 Å². The fourth-order valence-electron chi connectivity index (χ4n) is 5.42. The fraction of sp³-hybridized carbons (Fsp3) is 0.219. The largest absolute Gasteiger partial charge is 0.456 e. The Morgan fingerprint density at radius 3 is 2.70 bits per heavy atom. The van der Waals surface area contributed by atoms with Crippen molar-refractivity contribution in [2.45, 2.75) is 39.5 Å². The van der Waals surface area contributed by atoms with Gasteiger partial charge in [0.05, 0.1) is 11.0 Å². The van der Waals surface area contributed by atoms with Gasteiger partial charge in [-0.25, -0.2) is 19.9 Å². The SMILES string of the molecule is CC(=O)OCC(=O)Nc1ncc2cc(-c3c(C)ccc4c(Nc5ccc6c(c5)NC(=O)CC6(C)C)ncnc34)ccc2n1. The number of carbonyl (C=O) groups is 3. The lowest BCUT2D eigenvalue weighted by molar-refractivity contribution is -0.145. The molecule has 11 heteroatoms. The van der Waals surface area contributed by atoms with Gasteiger partial charge in [0.2, 0.25) is 11.9 Å². The Labute approximate surface area is 247 Å². The van der Waals surface area contributed by atoms with Crippen molar-refractivity contribution < 1.29 is 19.1 Å². The van der Waals surface area contributed by atoms with E-state index in [1.54, 1.807) is 6.20 Å². The third kappa shape index (κ3) is 5.56. The molecule has 1 aliphatic heterocycles. The molecule has 0 saturated carbocycles. The summed E-state index contributed by atoms with van der Waals surface area (Å²) in [6, 6.07) is 15.8. The van der Waals surface area contributed by atoms with E-state index in [4.69, 9.17) is 4.74 Å². The Bertz CT molecular complexity index is 1950. The molecule has 2 aromatic heterocycles. The van der Waals surface area contributed by atoms with Gasteiger partial charge in [0.1, 0.15) is 12.1 Å². The van der Waals surface area contributed by atoms with Gasteiger partial charge in [-0.05, 0) is 53.9 Å². The molecule has 0 atom stereocenters. The zero-order chi connectivity index (χ0) is 30.3. The van der Waals surface area contributed by atoms with Crippen LogP contribution < -0.4 is 16.0 Å². The number of benzene rings is 3. The van der Waals surface area contributed by atoms with Crippen molar-refractivity contribution in [3.8, 4) is 11.1 Å². The average Bonchev–Trinajstić information content (AvgIpc) is 2.95. The van der Waals surface area contributed by atoms with E-state index in [0.717, 1.165) is 49.9 Å². The van der Waals surface area contributed by atoms with Crippen LogP contribution in [-0.4, -0.2) is 44.3 Å². The number of aryl methyl sites for hydroxylation is 1. The van der Waals surface area contributed by atoms with Crippen molar-refractivity contribution in [3.63, 3.8) is 0 Å². The number of hydrogen-bond acceptors (Lipinski definition) is 9. The number of rotatable bonds is 6. The van der Waals surface area contributed by atoms with E-state index in [1.807, 2.05) is 55.5 Å². The van der Waals surface area contributed by atoms with E-state index in [2.05, 4.69) is 49.7 Å². The Morgan fingerprint density at radius 1 is 1.05 bits per heavy atom. The lowest BCUT2D eigenvalue weighted by Crippen LogP contribution is -2.32. The highest BCUT2D eigenvalue weighted by atomic mass is 16.5. The highest BCUT2D eigenvalue weighted by molar-refractivity contribution is 6.03. The number of esters is 1. The molecule has 6 rings (SSSR count). The van der Waals surface area contributed by atoms with Crippen molar-refractivity contribution in [3.05, 3.63) is 72.2 Å². The average molecular weight is 576 g/mol. The topological polar surface area (TPSA) is 148 Å². The van der Waals surface area contributed by atoms with Gasteiger partial charge in [0.15, 0.2) is 6.61 Å². The smallest absolute Gasteiger partial charge is 0.303 e. The van der Waals surface area contributed by atoms with E-state index in [-0.39, 0.29) is 17.3 Å². The number of fused-ring (bicyclic) bond motifs is 3. The number of amides is 2. The standard InChI is InChI=1S/C32H29N7O4/c1-17-5-8-22-29(34-16-35-30(22)36-21-7-9-23-25(12-21)37-26(41)13-32(23,3)4)28(17)19-6-10-24-20(11-19)14-33-31(38-24)39-27(42)15-43-18(2)40/h5-12,14,16H,13,15H2,1-4H3,(H,37,41)(H,34,35,36)(H,33,38,39,42). The predicted molar refractivity (Wildman–Crippen MR) is 164 cm³/mol. The minimum Gasteiger partial charge on any atom is -0.456 e. The second kappa shape index (κ2) is 10.8. The first-order valence-electron chi connectivity index (χ1n) is 13.7. The van der Waals surface area contributed by atoms with Crippen LogP contribution in [0.3, 0.4) is 0 Å². The molecule has 0 unspecified atom stereocenters. The molecule has 0 saturated heterocycles. The first kappa shape index (κ1) is 27.7. The molecule has 3 aromatic carbocycles. The number of hydrogen-bond donors (Lipinski definition) is 3. The Kier molecular flexibility index (Phi) is 6.93. The van der Waals surface area contributed by atoms with Crippen LogP contribution in [0.15, 0.2) is 61.1 Å². The number of nitrogens with zero attached hydrogens (tertiary/aromatic N) is 4. The van der Waals surface area contributed by atoms with Gasteiger partial charge in [-0.15, -0.1) is 0 Å². The van der Waals surface area contributed by atoms with E-state index >= 15 is 0 Å². The van der Waals surface area contributed by atoms with E-state index < -0.39 is 18.5 Å². The zero-order valence-electron chi connectivity index (χ0n) is 24.1. The molecule has 0 spiro atoms. The molecule has 2 amide bonds. The molecular formula is C32H29N7O4. The molecule has 0 radical (unpaired) electrons. The number of carbonyl (C=O) groups excluding carboxylic acids is 3. The number of nitrogens with one attached hydrogen (secondary N) is 3. The minimum absolute atomic E-state index is 0.00304. The fourth-order valence-corrected chi connectivity index (χ4v) is 5.42. The van der Waals surface area contributed by atoms with Crippen LogP contribution in [0.2, 0.25) is 0 Å². The van der Waals surface area contributed by atoms with Crippen LogP contribution in [0.1, 0.15) is 38.3 Å². The molecular weight excluding hydrogens is 546 g/mol. The van der Waals surface area contributed by atoms with E-state index in [1.165, 1.54) is 13.3 Å². The summed E-state index contributed by atoms with van der Waals surface area (Å²) < 4.78 is 4.71. The minimum atomic E-state index is -0.545. The molecule has 5 aromatic rings. The molecule has 3 heterocycles. The summed E-state index contributed by atoms with van der Waals surface area (Å²) in [5.74, 6) is -0.302. The molecule has 11 nitrogen and oxygen atoms in total. The second-order valence-electron chi connectivity index (χ2n) is 11.2. The van der Waals surface area contributed by atoms with Gasteiger partial charge in [-0.1, -0.05) is 32.0 Å². The number of anilines is 4. The van der Waals surface area contributed by atoms with Gasteiger partial charge >= 0.3 is 5.97 Å². The van der Waals surface area contributed by atoms with Gasteiger partial charge in [-0.3, -0.25) is 19.7 Å². The monoisotopic (exact) mass is 575 g/mol. The van der Waals surface area contributed by atoms with Gasteiger partial charge in [0.25, 0.3) is 5.91 Å². The third-order valence-corrected chi connectivity index (χ3v) is 7.43.